The van der Waals surface area contributed by atoms with Crippen LogP contribution in [-0.4, -0.2) is 49.0 Å². The fourth-order valence-corrected chi connectivity index (χ4v) is 5.26. The van der Waals surface area contributed by atoms with Gasteiger partial charge in [-0.25, -0.2) is 8.42 Å². The van der Waals surface area contributed by atoms with E-state index in [1.165, 1.54) is 17.4 Å². The highest BCUT2D eigenvalue weighted by Crippen LogP contribution is 2.47. The maximum atomic E-state index is 12.2. The van der Waals surface area contributed by atoms with Gasteiger partial charge in [0, 0.05) is 37.3 Å². The second kappa shape index (κ2) is 5.85. The number of rotatable bonds is 3. The Morgan fingerprint density at radius 2 is 1.92 bits per heavy atom. The summed E-state index contributed by atoms with van der Waals surface area (Å²) < 4.78 is 27.9. The number of likely N-dealkylation sites (tertiary alicyclic amines) is 1. The molecule has 2 aromatic rings. The van der Waals surface area contributed by atoms with E-state index >= 15 is 0 Å². The number of nitrogens with zero attached hydrogens (tertiary/aromatic N) is 4. The van der Waals surface area contributed by atoms with Crippen molar-refractivity contribution in [2.24, 2.45) is 7.05 Å². The van der Waals surface area contributed by atoms with E-state index < -0.39 is 10.0 Å². The van der Waals surface area contributed by atoms with Gasteiger partial charge in [-0.1, -0.05) is 18.2 Å². The van der Waals surface area contributed by atoms with Crippen LogP contribution in [0.15, 0.2) is 36.7 Å². The van der Waals surface area contributed by atoms with Crippen LogP contribution in [0.25, 0.3) is 0 Å². The highest BCUT2D eigenvalue weighted by atomic mass is 32.2. The number of fused-ring (bicyclic) bond motifs is 2. The van der Waals surface area contributed by atoms with Crippen LogP contribution in [0.5, 0.6) is 0 Å². The van der Waals surface area contributed by atoms with E-state index in [9.17, 15) is 8.42 Å². The second-order valence-corrected chi connectivity index (χ2v) is 9.27. The Bertz CT molecular complexity index is 882. The summed E-state index contributed by atoms with van der Waals surface area (Å²) in [6, 6.07) is 7.99. The molecule has 25 heavy (non-hydrogen) atoms. The zero-order valence-electron chi connectivity index (χ0n) is 14.7. The minimum atomic E-state index is -3.24. The minimum Gasteiger partial charge on any atom is -0.299 e. The molecule has 0 saturated carbocycles. The van der Waals surface area contributed by atoms with Gasteiger partial charge in [0.05, 0.1) is 18.1 Å². The first-order valence-electron chi connectivity index (χ1n) is 8.65. The largest absolute Gasteiger partial charge is 0.299 e. The van der Waals surface area contributed by atoms with Gasteiger partial charge in [-0.05, 0) is 37.6 Å². The summed E-state index contributed by atoms with van der Waals surface area (Å²) in [5.41, 5.74) is 3.24. The minimum absolute atomic E-state index is 0.0505. The van der Waals surface area contributed by atoms with Gasteiger partial charge in [0.1, 0.15) is 0 Å². The van der Waals surface area contributed by atoms with Crippen molar-refractivity contribution in [1.29, 1.82) is 0 Å². The first-order valence-corrected chi connectivity index (χ1v) is 10.5. The predicted octanol–water partition coefficient (Wildman–Crippen LogP) is 1.73. The number of para-hydroxylation sites is 1. The highest BCUT2D eigenvalue weighted by Gasteiger charge is 2.46. The SMILES string of the molecule is Cn1cc(CN2CCC3(CC2)CN(S(C)(=O)=O)c2ccccc23)cn1. The van der Waals surface area contributed by atoms with E-state index in [-0.39, 0.29) is 5.41 Å². The van der Waals surface area contributed by atoms with Crippen LogP contribution in [0, 0.1) is 0 Å². The Balaban J connectivity index is 1.54. The Morgan fingerprint density at radius 1 is 1.20 bits per heavy atom. The molecule has 1 aromatic heterocycles. The molecule has 1 aromatic carbocycles. The van der Waals surface area contributed by atoms with E-state index in [0.29, 0.717) is 6.54 Å². The van der Waals surface area contributed by atoms with Gasteiger partial charge in [0.25, 0.3) is 0 Å². The Kier molecular flexibility index (Phi) is 3.88. The van der Waals surface area contributed by atoms with Crippen LogP contribution < -0.4 is 4.31 Å². The summed E-state index contributed by atoms with van der Waals surface area (Å²) >= 11 is 0. The molecule has 2 aliphatic heterocycles. The van der Waals surface area contributed by atoms with Gasteiger partial charge >= 0.3 is 0 Å². The van der Waals surface area contributed by atoms with E-state index in [1.54, 1.807) is 4.31 Å². The summed E-state index contributed by atoms with van der Waals surface area (Å²) in [4.78, 5) is 2.44. The van der Waals surface area contributed by atoms with Crippen LogP contribution in [0.2, 0.25) is 0 Å². The number of aromatic nitrogens is 2. The average molecular weight is 360 g/mol. The third-order valence-electron chi connectivity index (χ3n) is 5.57. The van der Waals surface area contributed by atoms with Gasteiger partial charge in [0.2, 0.25) is 10.0 Å². The van der Waals surface area contributed by atoms with Gasteiger partial charge in [-0.3, -0.25) is 13.9 Å². The first-order chi connectivity index (χ1) is 11.9. The monoisotopic (exact) mass is 360 g/mol. The maximum Gasteiger partial charge on any atom is 0.232 e. The summed E-state index contributed by atoms with van der Waals surface area (Å²) in [6.07, 6.45) is 7.24. The van der Waals surface area contributed by atoms with Crippen molar-refractivity contribution in [3.8, 4) is 0 Å². The van der Waals surface area contributed by atoms with Crippen LogP contribution >= 0.6 is 0 Å². The third kappa shape index (κ3) is 2.95. The molecule has 1 fully saturated rings. The number of hydrogen-bond acceptors (Lipinski definition) is 4. The predicted molar refractivity (Wildman–Crippen MR) is 98.0 cm³/mol. The van der Waals surface area contributed by atoms with E-state index in [1.807, 2.05) is 36.1 Å². The molecular weight excluding hydrogens is 336 g/mol. The second-order valence-electron chi connectivity index (χ2n) is 7.37. The maximum absolute atomic E-state index is 12.2. The summed E-state index contributed by atoms with van der Waals surface area (Å²) in [6.45, 7) is 3.43. The van der Waals surface area contributed by atoms with Gasteiger partial charge in [-0.15, -0.1) is 0 Å². The molecule has 0 aliphatic carbocycles. The standard InChI is InChI=1S/C18H24N4O2S/c1-20-12-15(11-19-20)13-21-9-7-18(8-10-21)14-22(25(2,23)24)17-6-4-3-5-16(17)18/h3-6,11-12H,7-10,13-14H2,1-2H3. The first kappa shape index (κ1) is 16.6. The van der Waals surface area contributed by atoms with Crippen molar-refractivity contribution in [3.63, 3.8) is 0 Å². The topological polar surface area (TPSA) is 58.4 Å². The Labute approximate surface area is 149 Å². The fraction of sp³-hybridized carbons (Fsp3) is 0.500. The molecule has 3 heterocycles. The highest BCUT2D eigenvalue weighted by molar-refractivity contribution is 7.92. The Morgan fingerprint density at radius 3 is 2.56 bits per heavy atom. The number of benzene rings is 1. The zero-order chi connectivity index (χ0) is 17.7. The molecular formula is C18H24N4O2S. The van der Waals surface area contributed by atoms with Crippen LogP contribution in [0.3, 0.4) is 0 Å². The van der Waals surface area contributed by atoms with Gasteiger partial charge < -0.3 is 0 Å². The van der Waals surface area contributed by atoms with E-state index in [4.69, 9.17) is 0 Å². The van der Waals surface area contributed by atoms with Crippen molar-refractivity contribution >= 4 is 15.7 Å². The number of piperidine rings is 1. The quantitative estimate of drug-likeness (QED) is 0.836. The van der Waals surface area contributed by atoms with Crippen LogP contribution in [0.4, 0.5) is 5.69 Å². The molecule has 0 radical (unpaired) electrons. The van der Waals surface area contributed by atoms with Crippen LogP contribution in [-0.2, 0) is 29.0 Å². The molecule has 6 nitrogen and oxygen atoms in total. The smallest absolute Gasteiger partial charge is 0.232 e. The van der Waals surface area contributed by atoms with E-state index in [0.717, 1.165) is 38.2 Å². The fourth-order valence-electron chi connectivity index (χ4n) is 4.26. The molecule has 2 aliphatic rings. The van der Waals surface area contributed by atoms with Crippen molar-refractivity contribution in [2.75, 3.05) is 30.2 Å². The normalized spacial score (nSPS) is 20.2. The van der Waals surface area contributed by atoms with Gasteiger partial charge in [0.15, 0.2) is 0 Å². The lowest BCUT2D eigenvalue weighted by atomic mass is 9.74. The molecule has 0 atom stereocenters. The number of anilines is 1. The third-order valence-corrected chi connectivity index (χ3v) is 6.69. The summed E-state index contributed by atoms with van der Waals surface area (Å²) in [5.74, 6) is 0. The lowest BCUT2D eigenvalue weighted by molar-refractivity contribution is 0.161. The molecule has 1 spiro atoms. The molecule has 1 saturated heterocycles. The van der Waals surface area contributed by atoms with E-state index in [2.05, 4.69) is 22.3 Å². The van der Waals surface area contributed by atoms with Crippen molar-refractivity contribution in [3.05, 3.63) is 47.8 Å². The Hall–Kier alpha value is -1.86. The number of aryl methyl sites for hydroxylation is 1. The lowest BCUT2D eigenvalue weighted by Crippen LogP contribution is -2.45. The van der Waals surface area contributed by atoms with Crippen molar-refractivity contribution in [2.45, 2.75) is 24.8 Å². The number of sulfonamides is 1. The number of hydrogen-bond donors (Lipinski definition) is 0. The molecule has 0 unspecified atom stereocenters. The average Bonchev–Trinajstić information content (AvgIpc) is 3.12. The molecule has 4 rings (SSSR count). The molecule has 0 bridgehead atoms. The van der Waals surface area contributed by atoms with Crippen molar-refractivity contribution < 1.29 is 8.42 Å². The van der Waals surface area contributed by atoms with Crippen LogP contribution in [0.1, 0.15) is 24.0 Å². The summed E-state index contributed by atoms with van der Waals surface area (Å²) in [5, 5.41) is 4.24. The molecule has 7 heteroatoms. The van der Waals surface area contributed by atoms with Gasteiger partial charge in [-0.2, -0.15) is 5.10 Å². The molecule has 134 valence electrons. The summed E-state index contributed by atoms with van der Waals surface area (Å²) in [7, 11) is -1.31. The zero-order valence-corrected chi connectivity index (χ0v) is 15.5. The van der Waals surface area contributed by atoms with Crippen molar-refractivity contribution in [1.82, 2.24) is 14.7 Å². The molecule has 0 N–H and O–H groups in total. The molecule has 0 amide bonds. The lowest BCUT2D eigenvalue weighted by Gasteiger charge is -2.39.